The zero-order valence-corrected chi connectivity index (χ0v) is 14.8. The summed E-state index contributed by atoms with van der Waals surface area (Å²) < 4.78 is 16.2. The Kier molecular flexibility index (Phi) is 8.06. The number of hydrogen-bond acceptors (Lipinski definition) is 4. The fourth-order valence-corrected chi connectivity index (χ4v) is 2.46. The number of rotatable bonds is 10. The van der Waals surface area contributed by atoms with E-state index in [0.717, 1.165) is 11.4 Å². The third-order valence-corrected chi connectivity index (χ3v) is 3.41. The van der Waals surface area contributed by atoms with E-state index in [1.807, 2.05) is 38.1 Å². The maximum atomic E-state index is 12.6. The van der Waals surface area contributed by atoms with Crippen molar-refractivity contribution in [3.63, 3.8) is 0 Å². The average Bonchev–Trinajstić information content (AvgIpc) is 2.48. The molecule has 0 unspecified atom stereocenters. The summed E-state index contributed by atoms with van der Waals surface area (Å²) >= 11 is 0. The molecule has 0 bridgehead atoms. The molecule has 5 nitrogen and oxygen atoms in total. The van der Waals surface area contributed by atoms with Gasteiger partial charge in [-0.3, -0.25) is 4.79 Å². The van der Waals surface area contributed by atoms with Gasteiger partial charge in [0.2, 0.25) is 0 Å². The second-order valence-electron chi connectivity index (χ2n) is 6.08. The Hall–Kier alpha value is -1.59. The lowest BCUT2D eigenvalue weighted by molar-refractivity contribution is -0.140. The summed E-state index contributed by atoms with van der Waals surface area (Å²) in [6.45, 7) is 9.45. The van der Waals surface area contributed by atoms with Crippen LogP contribution in [0.1, 0.15) is 34.1 Å². The smallest absolute Gasteiger partial charge is 0.256 e. The van der Waals surface area contributed by atoms with Crippen LogP contribution in [0.3, 0.4) is 0 Å². The average molecular weight is 323 g/mol. The predicted octanol–water partition coefficient (Wildman–Crippen LogP) is 3.49. The summed E-state index contributed by atoms with van der Waals surface area (Å²) in [6.07, 6.45) is 0.672. The molecular weight excluding hydrogens is 294 g/mol. The molecule has 0 saturated carbocycles. The quantitative estimate of drug-likeness (QED) is 0.670. The van der Waals surface area contributed by atoms with E-state index in [1.165, 1.54) is 0 Å². The van der Waals surface area contributed by atoms with Gasteiger partial charge in [0.25, 0.3) is 5.91 Å². The Labute approximate surface area is 139 Å². The van der Waals surface area contributed by atoms with E-state index in [2.05, 4.69) is 19.2 Å². The predicted molar refractivity (Wildman–Crippen MR) is 91.9 cm³/mol. The summed E-state index contributed by atoms with van der Waals surface area (Å²) in [6, 6.07) is 7.29. The summed E-state index contributed by atoms with van der Waals surface area (Å²) in [4.78, 5) is 12.6. The molecule has 1 aromatic carbocycles. The van der Waals surface area contributed by atoms with Crippen LogP contribution in [0.5, 0.6) is 5.75 Å². The van der Waals surface area contributed by atoms with Gasteiger partial charge in [-0.25, -0.2) is 0 Å². The molecule has 23 heavy (non-hydrogen) atoms. The van der Waals surface area contributed by atoms with Crippen molar-refractivity contribution in [3.8, 4) is 5.75 Å². The SMILES string of the molecule is CCO[C@@](C)(CC(C)C)C(=O)Nc1ccc(OCCOC)cc1. The number of methoxy groups -OCH3 is 1. The second kappa shape index (κ2) is 9.53. The van der Waals surface area contributed by atoms with Crippen molar-refractivity contribution >= 4 is 11.6 Å². The van der Waals surface area contributed by atoms with Crippen LogP contribution in [0.2, 0.25) is 0 Å². The van der Waals surface area contributed by atoms with Gasteiger partial charge in [-0.1, -0.05) is 13.8 Å². The molecule has 0 radical (unpaired) electrons. The van der Waals surface area contributed by atoms with Crippen molar-refractivity contribution in [2.75, 3.05) is 32.2 Å². The first-order valence-electron chi connectivity index (χ1n) is 8.08. The highest BCUT2D eigenvalue weighted by molar-refractivity contribution is 5.97. The van der Waals surface area contributed by atoms with Gasteiger partial charge in [-0.15, -0.1) is 0 Å². The highest BCUT2D eigenvalue weighted by Gasteiger charge is 2.34. The van der Waals surface area contributed by atoms with Crippen molar-refractivity contribution in [2.45, 2.75) is 39.7 Å². The van der Waals surface area contributed by atoms with Gasteiger partial charge in [-0.05, 0) is 50.5 Å². The Morgan fingerprint density at radius 1 is 1.22 bits per heavy atom. The summed E-state index contributed by atoms with van der Waals surface area (Å²) in [5, 5.41) is 2.92. The number of amides is 1. The molecule has 0 fully saturated rings. The summed E-state index contributed by atoms with van der Waals surface area (Å²) in [7, 11) is 1.63. The molecule has 1 rings (SSSR count). The molecule has 0 aliphatic rings. The molecule has 1 amide bonds. The zero-order valence-electron chi connectivity index (χ0n) is 14.8. The van der Waals surface area contributed by atoms with Crippen molar-refractivity contribution in [1.29, 1.82) is 0 Å². The Balaban J connectivity index is 2.67. The second-order valence-corrected chi connectivity index (χ2v) is 6.08. The van der Waals surface area contributed by atoms with E-state index < -0.39 is 5.60 Å². The maximum absolute atomic E-state index is 12.6. The minimum absolute atomic E-state index is 0.124. The van der Waals surface area contributed by atoms with Gasteiger partial charge in [0.1, 0.15) is 18.0 Å². The van der Waals surface area contributed by atoms with Crippen molar-refractivity contribution in [2.24, 2.45) is 5.92 Å². The van der Waals surface area contributed by atoms with Gasteiger partial charge in [0.05, 0.1) is 6.61 Å². The van der Waals surface area contributed by atoms with Crippen LogP contribution in [0, 0.1) is 5.92 Å². The molecule has 0 heterocycles. The fourth-order valence-electron chi connectivity index (χ4n) is 2.46. The first-order chi connectivity index (χ1) is 10.9. The Bertz CT molecular complexity index is 472. The Morgan fingerprint density at radius 2 is 1.87 bits per heavy atom. The standard InChI is InChI=1S/C18H29NO4/c1-6-23-18(4,13-14(2)3)17(20)19-15-7-9-16(10-8-15)22-12-11-21-5/h7-10,14H,6,11-13H2,1-5H3,(H,19,20)/t18-/m0/s1. The van der Waals surface area contributed by atoms with Gasteiger partial charge in [0, 0.05) is 19.4 Å². The van der Waals surface area contributed by atoms with Gasteiger partial charge in [0.15, 0.2) is 0 Å². The molecule has 0 aliphatic carbocycles. The van der Waals surface area contributed by atoms with Crippen LogP contribution in [0.4, 0.5) is 5.69 Å². The number of benzene rings is 1. The molecule has 0 saturated heterocycles. The van der Waals surface area contributed by atoms with E-state index in [1.54, 1.807) is 7.11 Å². The lowest BCUT2D eigenvalue weighted by atomic mass is 9.93. The molecule has 130 valence electrons. The van der Waals surface area contributed by atoms with E-state index in [4.69, 9.17) is 14.2 Å². The number of ether oxygens (including phenoxy) is 3. The summed E-state index contributed by atoms with van der Waals surface area (Å²) in [5.41, 5.74) is -0.0971. The van der Waals surface area contributed by atoms with E-state index in [-0.39, 0.29) is 5.91 Å². The largest absolute Gasteiger partial charge is 0.491 e. The van der Waals surface area contributed by atoms with Crippen LogP contribution in [-0.2, 0) is 14.3 Å². The highest BCUT2D eigenvalue weighted by Crippen LogP contribution is 2.24. The monoisotopic (exact) mass is 323 g/mol. The minimum Gasteiger partial charge on any atom is -0.491 e. The lowest BCUT2D eigenvalue weighted by Gasteiger charge is -2.29. The number of carbonyl (C=O) groups is 1. The molecule has 0 aromatic heterocycles. The molecule has 5 heteroatoms. The van der Waals surface area contributed by atoms with E-state index in [9.17, 15) is 4.79 Å². The van der Waals surface area contributed by atoms with Crippen LogP contribution < -0.4 is 10.1 Å². The van der Waals surface area contributed by atoms with Gasteiger partial charge >= 0.3 is 0 Å². The van der Waals surface area contributed by atoms with Crippen LogP contribution in [0.15, 0.2) is 24.3 Å². The first-order valence-corrected chi connectivity index (χ1v) is 8.08. The molecule has 1 aromatic rings. The number of anilines is 1. The highest BCUT2D eigenvalue weighted by atomic mass is 16.5. The van der Waals surface area contributed by atoms with Crippen LogP contribution >= 0.6 is 0 Å². The van der Waals surface area contributed by atoms with Crippen molar-refractivity contribution < 1.29 is 19.0 Å². The van der Waals surface area contributed by atoms with Crippen LogP contribution in [0.25, 0.3) is 0 Å². The van der Waals surface area contributed by atoms with E-state index in [0.29, 0.717) is 32.2 Å². The van der Waals surface area contributed by atoms with Crippen molar-refractivity contribution in [1.82, 2.24) is 0 Å². The maximum Gasteiger partial charge on any atom is 0.256 e. The van der Waals surface area contributed by atoms with Gasteiger partial charge < -0.3 is 19.5 Å². The third kappa shape index (κ3) is 6.59. The lowest BCUT2D eigenvalue weighted by Crippen LogP contribution is -2.43. The fraction of sp³-hybridized carbons (Fsp3) is 0.611. The topological polar surface area (TPSA) is 56.8 Å². The van der Waals surface area contributed by atoms with Crippen molar-refractivity contribution in [3.05, 3.63) is 24.3 Å². The zero-order chi connectivity index (χ0) is 17.3. The molecule has 0 aliphatic heterocycles. The normalized spacial score (nSPS) is 13.7. The number of carbonyl (C=O) groups excluding carboxylic acids is 1. The van der Waals surface area contributed by atoms with Crippen LogP contribution in [-0.4, -0.2) is 38.4 Å². The summed E-state index contributed by atoms with van der Waals surface area (Å²) in [5.74, 6) is 0.991. The first kappa shape index (κ1) is 19.5. The third-order valence-electron chi connectivity index (χ3n) is 3.41. The molecular formula is C18H29NO4. The minimum atomic E-state index is -0.823. The Morgan fingerprint density at radius 3 is 2.39 bits per heavy atom. The van der Waals surface area contributed by atoms with Gasteiger partial charge in [-0.2, -0.15) is 0 Å². The molecule has 1 atom stereocenters. The molecule has 1 N–H and O–H groups in total. The number of nitrogens with one attached hydrogen (secondary N) is 1. The molecule has 0 spiro atoms. The van der Waals surface area contributed by atoms with E-state index >= 15 is 0 Å². The number of hydrogen-bond donors (Lipinski definition) is 1.